The minimum absolute atomic E-state index is 0.0635. The molecule has 12 nitrogen and oxygen atoms in total. The first-order valence-corrected chi connectivity index (χ1v) is 11.5. The van der Waals surface area contributed by atoms with Crippen LogP contribution in [0.3, 0.4) is 0 Å². The van der Waals surface area contributed by atoms with Crippen LogP contribution in [0.5, 0.6) is 17.2 Å². The molecule has 200 valence electrons. The summed E-state index contributed by atoms with van der Waals surface area (Å²) in [5.41, 5.74) is 2.14. The van der Waals surface area contributed by atoms with E-state index >= 15 is 0 Å². The van der Waals surface area contributed by atoms with Gasteiger partial charge in [-0.3, -0.25) is 25.0 Å². The van der Waals surface area contributed by atoms with Crippen LogP contribution in [0, 0.1) is 46.8 Å². The van der Waals surface area contributed by atoms with E-state index in [2.05, 4.69) is 10.4 Å². The molecular weight excluding hydrogens is 513 g/mol. The summed E-state index contributed by atoms with van der Waals surface area (Å²) in [6.07, 6.45) is 1.38. The zero-order chi connectivity index (χ0) is 28.3. The van der Waals surface area contributed by atoms with Crippen molar-refractivity contribution in [2.24, 2.45) is 0 Å². The number of halogens is 1. The summed E-state index contributed by atoms with van der Waals surface area (Å²) in [6.45, 7) is 5.36. The normalized spacial score (nSPS) is 10.7. The van der Waals surface area contributed by atoms with Gasteiger partial charge < -0.3 is 14.8 Å². The Bertz CT molecular complexity index is 1600. The maximum atomic E-state index is 13.5. The van der Waals surface area contributed by atoms with E-state index in [0.717, 1.165) is 34.9 Å². The molecule has 0 unspecified atom stereocenters. The Morgan fingerprint density at radius 1 is 1.00 bits per heavy atom. The Morgan fingerprint density at radius 2 is 1.77 bits per heavy atom. The van der Waals surface area contributed by atoms with Crippen LogP contribution >= 0.6 is 0 Å². The second kappa shape index (κ2) is 11.0. The van der Waals surface area contributed by atoms with Gasteiger partial charge in [0.2, 0.25) is 5.75 Å². The second-order valence-corrected chi connectivity index (χ2v) is 8.62. The molecule has 0 aliphatic carbocycles. The number of rotatable bonds is 9. The van der Waals surface area contributed by atoms with Gasteiger partial charge >= 0.3 is 5.69 Å². The number of nitro groups is 2. The fourth-order valence-electron chi connectivity index (χ4n) is 3.69. The number of ether oxygens (including phenoxy) is 2. The predicted octanol–water partition coefficient (Wildman–Crippen LogP) is 5.84. The number of aromatic nitrogens is 2. The van der Waals surface area contributed by atoms with E-state index in [1.165, 1.54) is 35.1 Å². The fourth-order valence-corrected chi connectivity index (χ4v) is 3.69. The van der Waals surface area contributed by atoms with E-state index in [0.29, 0.717) is 5.75 Å². The van der Waals surface area contributed by atoms with Gasteiger partial charge in [0.05, 0.1) is 21.6 Å². The number of amides is 1. The molecule has 13 heteroatoms. The van der Waals surface area contributed by atoms with Gasteiger partial charge in [-0.05, 0) is 55.7 Å². The monoisotopic (exact) mass is 535 g/mol. The minimum Gasteiger partial charge on any atom is -0.464 e. The predicted molar refractivity (Wildman–Crippen MR) is 138 cm³/mol. The average molecular weight is 535 g/mol. The van der Waals surface area contributed by atoms with Crippen LogP contribution in [0.15, 0.2) is 60.8 Å². The first-order valence-electron chi connectivity index (χ1n) is 11.5. The van der Waals surface area contributed by atoms with Crippen molar-refractivity contribution in [1.82, 2.24) is 9.78 Å². The van der Waals surface area contributed by atoms with Gasteiger partial charge in [-0.15, -0.1) is 0 Å². The molecule has 1 amide bonds. The number of hydrogen-bond acceptors (Lipinski definition) is 8. The third-order valence-corrected chi connectivity index (χ3v) is 5.70. The van der Waals surface area contributed by atoms with Crippen molar-refractivity contribution >= 4 is 23.0 Å². The molecule has 0 bridgehead atoms. The van der Waals surface area contributed by atoms with Gasteiger partial charge in [0.25, 0.3) is 11.6 Å². The van der Waals surface area contributed by atoms with Crippen LogP contribution in [-0.2, 0) is 6.73 Å². The maximum absolute atomic E-state index is 13.5. The third kappa shape index (κ3) is 6.33. The molecule has 0 fully saturated rings. The first-order chi connectivity index (χ1) is 18.5. The highest BCUT2D eigenvalue weighted by Crippen LogP contribution is 2.33. The fraction of sp³-hybridized carbons (Fsp3) is 0.154. The van der Waals surface area contributed by atoms with Gasteiger partial charge in [-0.2, -0.15) is 5.10 Å². The highest BCUT2D eigenvalue weighted by Gasteiger charge is 2.18. The van der Waals surface area contributed by atoms with Crippen LogP contribution in [0.25, 0.3) is 0 Å². The lowest BCUT2D eigenvalue weighted by atomic mass is 10.1. The van der Waals surface area contributed by atoms with E-state index in [-0.39, 0.29) is 35.3 Å². The number of benzene rings is 3. The summed E-state index contributed by atoms with van der Waals surface area (Å²) < 4.78 is 25.9. The molecule has 0 radical (unpaired) electrons. The van der Waals surface area contributed by atoms with Crippen molar-refractivity contribution in [3.8, 4) is 17.2 Å². The van der Waals surface area contributed by atoms with E-state index in [4.69, 9.17) is 9.47 Å². The Hall–Kier alpha value is -5.33. The number of aryl methyl sites for hydroxylation is 2. The van der Waals surface area contributed by atoms with Gasteiger partial charge in [0.1, 0.15) is 17.3 Å². The smallest absolute Gasteiger partial charge is 0.311 e. The SMILES string of the molecule is Cc1cc(C)c(C)c(Oc2cc(NC(=O)c3ccn(COc4cc(F)ccc4[N+](=O)[O-])n3)cc([N+](=O)[O-])c2)c1. The van der Waals surface area contributed by atoms with Crippen molar-refractivity contribution in [3.63, 3.8) is 0 Å². The molecule has 0 saturated carbocycles. The lowest BCUT2D eigenvalue weighted by Gasteiger charge is -2.13. The number of nitrogens with one attached hydrogen (secondary N) is 1. The summed E-state index contributed by atoms with van der Waals surface area (Å²) in [4.78, 5) is 34.1. The number of carbonyl (C=O) groups is 1. The molecule has 1 aromatic heterocycles. The molecule has 4 aromatic rings. The Kier molecular flexibility index (Phi) is 7.51. The number of nitro benzene ring substituents is 2. The molecule has 3 aromatic carbocycles. The zero-order valence-corrected chi connectivity index (χ0v) is 21.0. The van der Waals surface area contributed by atoms with Crippen LogP contribution < -0.4 is 14.8 Å². The van der Waals surface area contributed by atoms with Crippen LogP contribution in [0.2, 0.25) is 0 Å². The summed E-state index contributed by atoms with van der Waals surface area (Å²) in [5, 5.41) is 29.2. The first kappa shape index (κ1) is 26.7. The number of non-ortho nitro benzene ring substituents is 1. The molecule has 39 heavy (non-hydrogen) atoms. The van der Waals surface area contributed by atoms with Gasteiger partial charge in [-0.25, -0.2) is 9.07 Å². The van der Waals surface area contributed by atoms with Crippen molar-refractivity contribution in [3.05, 3.63) is 109 Å². The standard InChI is InChI=1S/C26H22FN5O7/c1-15-8-16(2)17(3)24(9-15)39-21-12-19(11-20(13-21)31(34)35)28-26(33)22-6-7-30(29-22)14-38-25-10-18(27)4-5-23(25)32(36)37/h4-13H,14H2,1-3H3,(H,28,33). The Balaban J connectivity index is 1.50. The molecule has 0 spiro atoms. The Labute approximate surface area is 220 Å². The number of anilines is 1. The second-order valence-electron chi connectivity index (χ2n) is 8.62. The van der Waals surface area contributed by atoms with Crippen LogP contribution in [0.1, 0.15) is 27.2 Å². The molecular formula is C26H22FN5O7. The van der Waals surface area contributed by atoms with Crippen molar-refractivity contribution in [2.45, 2.75) is 27.5 Å². The van der Waals surface area contributed by atoms with Gasteiger partial charge in [-0.1, -0.05) is 6.07 Å². The Morgan fingerprint density at radius 3 is 2.49 bits per heavy atom. The molecule has 1 heterocycles. The quantitative estimate of drug-likeness (QED) is 0.207. The average Bonchev–Trinajstić information content (AvgIpc) is 3.35. The summed E-state index contributed by atoms with van der Waals surface area (Å²) in [5.74, 6) is -1.01. The van der Waals surface area contributed by atoms with E-state index in [1.54, 1.807) is 0 Å². The molecule has 1 N–H and O–H groups in total. The molecule has 0 saturated heterocycles. The van der Waals surface area contributed by atoms with E-state index in [1.807, 2.05) is 32.9 Å². The minimum atomic E-state index is -0.718. The van der Waals surface area contributed by atoms with Gasteiger partial charge in [0.15, 0.2) is 12.4 Å². The number of nitrogens with zero attached hydrogens (tertiary/aromatic N) is 4. The highest BCUT2D eigenvalue weighted by molar-refractivity contribution is 6.03. The molecule has 0 atom stereocenters. The summed E-state index contributed by atoms with van der Waals surface area (Å²) >= 11 is 0. The molecule has 0 aliphatic heterocycles. The summed E-state index contributed by atoms with van der Waals surface area (Å²) in [7, 11) is 0. The lowest BCUT2D eigenvalue weighted by molar-refractivity contribution is -0.386. The number of hydrogen-bond donors (Lipinski definition) is 1. The lowest BCUT2D eigenvalue weighted by Crippen LogP contribution is -2.14. The molecule has 4 rings (SSSR count). The van der Waals surface area contributed by atoms with E-state index in [9.17, 15) is 29.4 Å². The summed E-state index contributed by atoms with van der Waals surface area (Å²) in [6, 6.07) is 11.8. The zero-order valence-electron chi connectivity index (χ0n) is 21.0. The van der Waals surface area contributed by atoms with Gasteiger partial charge in [0, 0.05) is 30.5 Å². The van der Waals surface area contributed by atoms with Crippen molar-refractivity contribution in [1.29, 1.82) is 0 Å². The van der Waals surface area contributed by atoms with Crippen molar-refractivity contribution in [2.75, 3.05) is 5.32 Å². The van der Waals surface area contributed by atoms with Crippen molar-refractivity contribution < 1.29 is 28.5 Å². The highest BCUT2D eigenvalue weighted by atomic mass is 19.1. The maximum Gasteiger partial charge on any atom is 0.311 e. The number of carbonyl (C=O) groups excluding carboxylic acids is 1. The topological polar surface area (TPSA) is 152 Å². The third-order valence-electron chi connectivity index (χ3n) is 5.70. The molecule has 0 aliphatic rings. The largest absolute Gasteiger partial charge is 0.464 e. The van der Waals surface area contributed by atoms with Crippen LogP contribution in [0.4, 0.5) is 21.5 Å². The van der Waals surface area contributed by atoms with E-state index < -0.39 is 27.3 Å². The van der Waals surface area contributed by atoms with Crippen LogP contribution in [-0.4, -0.2) is 25.5 Å².